The zero-order chi connectivity index (χ0) is 17.5. The Labute approximate surface area is 140 Å². The van der Waals surface area contributed by atoms with Gasteiger partial charge in [-0.3, -0.25) is 4.90 Å². The molecule has 0 aliphatic carbocycles. The number of rotatable bonds is 7. The van der Waals surface area contributed by atoms with E-state index in [4.69, 9.17) is 4.74 Å². The highest BCUT2D eigenvalue weighted by Gasteiger charge is 2.11. The van der Waals surface area contributed by atoms with E-state index in [1.165, 1.54) is 11.6 Å². The van der Waals surface area contributed by atoms with Gasteiger partial charge in [0.2, 0.25) is 0 Å². The minimum Gasteiger partial charge on any atom is -0.443 e. The minimum absolute atomic E-state index is 0.138. The molecule has 1 atom stereocenters. The number of nitrogens with zero attached hydrogens (tertiary/aromatic N) is 1. The minimum atomic E-state index is -0.370. The predicted octanol–water partition coefficient (Wildman–Crippen LogP) is 4.46. The van der Waals surface area contributed by atoms with Gasteiger partial charge in [-0.15, -0.1) is 0 Å². The van der Waals surface area contributed by atoms with Gasteiger partial charge in [-0.25, -0.2) is 4.79 Å². The summed E-state index contributed by atoms with van der Waals surface area (Å²) in [5.74, 6) is -0.370. The van der Waals surface area contributed by atoms with Gasteiger partial charge in [-0.05, 0) is 26.1 Å². The third kappa shape index (κ3) is 10.9. The van der Waals surface area contributed by atoms with Crippen LogP contribution in [0.1, 0.15) is 18.9 Å². The molecular weight excluding hydrogens is 286 g/mol. The first-order chi connectivity index (χ1) is 11.0. The maximum Gasteiger partial charge on any atom is 0.331 e. The molecule has 3 heteroatoms. The van der Waals surface area contributed by atoms with Crippen LogP contribution < -0.4 is 0 Å². The van der Waals surface area contributed by atoms with Crippen LogP contribution in [-0.2, 0) is 9.53 Å². The summed E-state index contributed by atoms with van der Waals surface area (Å²) in [6, 6.07) is 10.2. The Bertz CT molecular complexity index is 516. The summed E-state index contributed by atoms with van der Waals surface area (Å²) in [5.41, 5.74) is 1.21. The highest BCUT2D eigenvalue weighted by molar-refractivity contribution is 5.81. The van der Waals surface area contributed by atoms with Crippen molar-refractivity contribution in [2.24, 2.45) is 0 Å². The Balaban J connectivity index is 0.000000423. The highest BCUT2D eigenvalue weighted by Crippen LogP contribution is 2.01. The van der Waals surface area contributed by atoms with Crippen LogP contribution in [0.15, 0.2) is 73.9 Å². The quantitative estimate of drug-likeness (QED) is 0.322. The summed E-state index contributed by atoms with van der Waals surface area (Å²) < 4.78 is 4.98. The molecule has 0 bridgehead atoms. The lowest BCUT2D eigenvalue weighted by Crippen LogP contribution is -2.31. The smallest absolute Gasteiger partial charge is 0.331 e. The van der Waals surface area contributed by atoms with Crippen molar-refractivity contribution in [3.8, 4) is 0 Å². The molecular formula is C20H27NO2. The fourth-order valence-electron chi connectivity index (χ4n) is 1.61. The molecule has 23 heavy (non-hydrogen) atoms. The first-order valence-corrected chi connectivity index (χ1v) is 7.55. The Kier molecular flexibility index (Phi) is 11.9. The second-order valence-corrected chi connectivity index (χ2v) is 4.86. The largest absolute Gasteiger partial charge is 0.443 e. The maximum absolute atomic E-state index is 10.7. The maximum atomic E-state index is 10.7. The second kappa shape index (κ2) is 13.3. The average Bonchev–Trinajstić information content (AvgIpc) is 2.57. The van der Waals surface area contributed by atoms with Gasteiger partial charge in [0.15, 0.2) is 6.23 Å². The molecule has 0 amide bonds. The lowest BCUT2D eigenvalue weighted by Gasteiger charge is -2.21. The van der Waals surface area contributed by atoms with E-state index < -0.39 is 0 Å². The van der Waals surface area contributed by atoms with Crippen LogP contribution in [0.2, 0.25) is 0 Å². The van der Waals surface area contributed by atoms with E-state index in [2.05, 4.69) is 31.4 Å². The molecule has 0 aliphatic rings. The van der Waals surface area contributed by atoms with Crippen LogP contribution >= 0.6 is 0 Å². The zero-order valence-corrected chi connectivity index (χ0v) is 14.3. The summed E-state index contributed by atoms with van der Waals surface area (Å²) >= 11 is 0. The number of hydrogen-bond donors (Lipinski definition) is 0. The molecule has 0 heterocycles. The summed E-state index contributed by atoms with van der Waals surface area (Å²) in [5, 5.41) is 0. The van der Waals surface area contributed by atoms with E-state index in [1.54, 1.807) is 6.08 Å². The topological polar surface area (TPSA) is 29.5 Å². The first kappa shape index (κ1) is 20.6. The van der Waals surface area contributed by atoms with Crippen molar-refractivity contribution in [1.29, 1.82) is 0 Å². The summed E-state index contributed by atoms with van der Waals surface area (Å²) in [6.45, 7) is 8.86. The van der Waals surface area contributed by atoms with E-state index in [0.717, 1.165) is 6.42 Å². The normalized spacial score (nSPS) is 11.8. The molecule has 0 spiro atoms. The van der Waals surface area contributed by atoms with Gasteiger partial charge in [0.05, 0.1) is 0 Å². The number of hydrogen-bond acceptors (Lipinski definition) is 3. The van der Waals surface area contributed by atoms with Crippen LogP contribution in [0.3, 0.4) is 0 Å². The van der Waals surface area contributed by atoms with Gasteiger partial charge in [0, 0.05) is 6.08 Å². The fraction of sp³-hybridized carbons (Fsp3) is 0.250. The molecule has 1 rings (SSSR count). The Morgan fingerprint density at radius 3 is 2.30 bits per heavy atom. The van der Waals surface area contributed by atoms with Crippen LogP contribution in [0.4, 0.5) is 0 Å². The standard InChI is InChI=1S/C12H12.C8H15NO2/c1-2-3-4-6-9-12-10-7-5-8-11-12;1-5-7(9(3)4)11-8(10)6-2/h2-11H,1H2;6-7H,2,5H2,1,3-4H3. The molecule has 0 fully saturated rings. The van der Waals surface area contributed by atoms with Crippen molar-refractivity contribution < 1.29 is 9.53 Å². The monoisotopic (exact) mass is 313 g/mol. The summed E-state index contributed by atoms with van der Waals surface area (Å²) in [7, 11) is 3.73. The van der Waals surface area contributed by atoms with E-state index in [1.807, 2.05) is 62.3 Å². The number of allylic oxidation sites excluding steroid dienone is 4. The van der Waals surface area contributed by atoms with Crippen LogP contribution in [0.25, 0.3) is 6.08 Å². The van der Waals surface area contributed by atoms with Gasteiger partial charge in [0.1, 0.15) is 0 Å². The molecule has 124 valence electrons. The molecule has 0 aliphatic heterocycles. The van der Waals surface area contributed by atoms with Gasteiger partial charge < -0.3 is 4.74 Å². The molecule has 0 aromatic heterocycles. The molecule has 0 saturated heterocycles. The SMILES string of the molecule is C=CC(=O)OC(CC)N(C)C.C=CC=CC=Cc1ccccc1. The van der Waals surface area contributed by atoms with Gasteiger partial charge in [-0.2, -0.15) is 0 Å². The third-order valence-electron chi connectivity index (χ3n) is 2.79. The van der Waals surface area contributed by atoms with Crippen molar-refractivity contribution in [3.63, 3.8) is 0 Å². The van der Waals surface area contributed by atoms with Crippen molar-refractivity contribution in [1.82, 2.24) is 4.90 Å². The average molecular weight is 313 g/mol. The van der Waals surface area contributed by atoms with Gasteiger partial charge in [-0.1, -0.05) is 80.8 Å². The molecule has 0 N–H and O–H groups in total. The molecule has 0 saturated carbocycles. The number of esters is 1. The van der Waals surface area contributed by atoms with Crippen LogP contribution in [-0.4, -0.2) is 31.2 Å². The number of carbonyl (C=O) groups excluding carboxylic acids is 1. The lowest BCUT2D eigenvalue weighted by molar-refractivity contribution is -0.150. The third-order valence-corrected chi connectivity index (χ3v) is 2.79. The Hall–Kier alpha value is -2.39. The van der Waals surface area contributed by atoms with Gasteiger partial charge in [0.25, 0.3) is 0 Å². The molecule has 1 aromatic carbocycles. The first-order valence-electron chi connectivity index (χ1n) is 7.55. The van der Waals surface area contributed by atoms with Crippen LogP contribution in [0.5, 0.6) is 0 Å². The molecule has 1 unspecified atom stereocenters. The van der Waals surface area contributed by atoms with E-state index in [0.29, 0.717) is 0 Å². The van der Waals surface area contributed by atoms with E-state index >= 15 is 0 Å². The van der Waals surface area contributed by atoms with Crippen molar-refractivity contribution in [2.45, 2.75) is 19.6 Å². The Morgan fingerprint density at radius 1 is 1.17 bits per heavy atom. The van der Waals surface area contributed by atoms with Crippen LogP contribution in [0, 0.1) is 0 Å². The summed E-state index contributed by atoms with van der Waals surface area (Å²) in [6.07, 6.45) is 11.5. The van der Waals surface area contributed by atoms with Crippen molar-refractivity contribution >= 4 is 12.0 Å². The second-order valence-electron chi connectivity index (χ2n) is 4.86. The predicted molar refractivity (Wildman–Crippen MR) is 98.9 cm³/mol. The summed E-state index contributed by atoms with van der Waals surface area (Å²) in [4.78, 5) is 12.6. The van der Waals surface area contributed by atoms with Gasteiger partial charge >= 0.3 is 5.97 Å². The fourth-order valence-corrected chi connectivity index (χ4v) is 1.61. The Morgan fingerprint density at radius 2 is 1.83 bits per heavy atom. The molecule has 0 radical (unpaired) electrons. The highest BCUT2D eigenvalue weighted by atomic mass is 16.6. The van der Waals surface area contributed by atoms with E-state index in [-0.39, 0.29) is 12.2 Å². The number of carbonyl (C=O) groups is 1. The zero-order valence-electron chi connectivity index (χ0n) is 14.3. The lowest BCUT2D eigenvalue weighted by atomic mass is 10.2. The van der Waals surface area contributed by atoms with E-state index in [9.17, 15) is 4.79 Å². The molecule has 1 aromatic rings. The number of ether oxygens (including phenoxy) is 1. The van der Waals surface area contributed by atoms with Crippen molar-refractivity contribution in [2.75, 3.05) is 14.1 Å². The number of benzene rings is 1. The molecule has 3 nitrogen and oxygen atoms in total. The van der Waals surface area contributed by atoms with Crippen molar-refractivity contribution in [3.05, 3.63) is 79.4 Å².